The molecule has 1 N–H and O–H groups in total. The zero-order valence-electron chi connectivity index (χ0n) is 10.9. The highest BCUT2D eigenvalue weighted by molar-refractivity contribution is 6.02. The van der Waals surface area contributed by atoms with Gasteiger partial charge < -0.3 is 10.1 Å². The van der Waals surface area contributed by atoms with E-state index >= 15 is 0 Å². The standard InChI is InChI=1S/C13H14N4O3/c1-2-20-12(18)9-17-11(8-14-16-17)13(19)15-10-6-4-3-5-7-10/h3-8H,2,9H2,1H3,(H,15,19). The van der Waals surface area contributed by atoms with E-state index in [1.54, 1.807) is 19.1 Å². The van der Waals surface area contributed by atoms with E-state index in [2.05, 4.69) is 15.6 Å². The number of aromatic nitrogens is 3. The Morgan fingerprint density at radius 2 is 2.05 bits per heavy atom. The molecule has 0 fully saturated rings. The maximum atomic E-state index is 12.1. The van der Waals surface area contributed by atoms with Gasteiger partial charge in [0.25, 0.3) is 5.91 Å². The molecule has 2 aromatic rings. The summed E-state index contributed by atoms with van der Waals surface area (Å²) in [4.78, 5) is 23.5. The third kappa shape index (κ3) is 3.41. The van der Waals surface area contributed by atoms with E-state index in [1.165, 1.54) is 10.9 Å². The lowest BCUT2D eigenvalue weighted by Crippen LogP contribution is -2.22. The molecule has 1 aromatic heterocycles. The van der Waals surface area contributed by atoms with Crippen molar-refractivity contribution in [3.05, 3.63) is 42.2 Å². The number of anilines is 1. The van der Waals surface area contributed by atoms with E-state index < -0.39 is 5.97 Å². The van der Waals surface area contributed by atoms with Gasteiger partial charge in [-0.3, -0.25) is 9.59 Å². The van der Waals surface area contributed by atoms with Crippen molar-refractivity contribution in [1.82, 2.24) is 15.0 Å². The van der Waals surface area contributed by atoms with Crippen molar-refractivity contribution in [3.63, 3.8) is 0 Å². The summed E-state index contributed by atoms with van der Waals surface area (Å²) in [7, 11) is 0. The van der Waals surface area contributed by atoms with E-state index in [4.69, 9.17) is 4.74 Å². The number of nitrogens with zero attached hydrogens (tertiary/aromatic N) is 3. The molecule has 7 heteroatoms. The van der Waals surface area contributed by atoms with Crippen LogP contribution >= 0.6 is 0 Å². The number of amides is 1. The van der Waals surface area contributed by atoms with Crippen LogP contribution < -0.4 is 5.32 Å². The van der Waals surface area contributed by atoms with Crippen LogP contribution in [0.2, 0.25) is 0 Å². The van der Waals surface area contributed by atoms with Crippen LogP contribution in [0.15, 0.2) is 36.5 Å². The molecule has 1 heterocycles. The first kappa shape index (κ1) is 13.7. The highest BCUT2D eigenvalue weighted by atomic mass is 16.5. The molecule has 0 spiro atoms. The number of nitrogens with one attached hydrogen (secondary N) is 1. The predicted octanol–water partition coefficient (Wildman–Crippen LogP) is 1.09. The minimum Gasteiger partial charge on any atom is -0.465 e. The zero-order chi connectivity index (χ0) is 14.4. The average molecular weight is 274 g/mol. The molecule has 0 saturated heterocycles. The number of benzene rings is 1. The van der Waals surface area contributed by atoms with Crippen molar-refractivity contribution >= 4 is 17.6 Å². The van der Waals surface area contributed by atoms with Crippen LogP contribution in [0.1, 0.15) is 17.4 Å². The first-order chi connectivity index (χ1) is 9.70. The van der Waals surface area contributed by atoms with Crippen LogP contribution in [0.5, 0.6) is 0 Å². The number of para-hydroxylation sites is 1. The van der Waals surface area contributed by atoms with Crippen LogP contribution in [0, 0.1) is 0 Å². The lowest BCUT2D eigenvalue weighted by Gasteiger charge is -2.07. The molecular weight excluding hydrogens is 260 g/mol. The molecule has 1 aromatic carbocycles. The molecule has 0 atom stereocenters. The van der Waals surface area contributed by atoms with E-state index in [0.29, 0.717) is 5.69 Å². The number of hydrogen-bond acceptors (Lipinski definition) is 5. The third-order valence-electron chi connectivity index (χ3n) is 2.47. The molecule has 0 aliphatic heterocycles. The first-order valence-electron chi connectivity index (χ1n) is 6.11. The van der Waals surface area contributed by atoms with Crippen molar-refractivity contribution < 1.29 is 14.3 Å². The second kappa shape index (κ2) is 6.46. The molecule has 0 radical (unpaired) electrons. The molecular formula is C13H14N4O3. The molecule has 0 aliphatic carbocycles. The lowest BCUT2D eigenvalue weighted by molar-refractivity contribution is -0.144. The number of carbonyl (C=O) groups is 2. The predicted molar refractivity (Wildman–Crippen MR) is 71.1 cm³/mol. The maximum Gasteiger partial charge on any atom is 0.327 e. The quantitative estimate of drug-likeness (QED) is 0.825. The van der Waals surface area contributed by atoms with Gasteiger partial charge in [0.2, 0.25) is 0 Å². The van der Waals surface area contributed by atoms with Crippen molar-refractivity contribution in [2.45, 2.75) is 13.5 Å². The zero-order valence-corrected chi connectivity index (χ0v) is 10.9. The Kier molecular flexibility index (Phi) is 4.43. The normalized spacial score (nSPS) is 10.1. The second-order valence-corrected chi connectivity index (χ2v) is 3.90. The number of rotatable bonds is 5. The van der Waals surface area contributed by atoms with E-state index in [9.17, 15) is 9.59 Å². The Hall–Kier alpha value is -2.70. The molecule has 104 valence electrons. The van der Waals surface area contributed by atoms with Gasteiger partial charge in [0.1, 0.15) is 12.2 Å². The van der Waals surface area contributed by atoms with Gasteiger partial charge in [-0.2, -0.15) is 0 Å². The van der Waals surface area contributed by atoms with Crippen molar-refractivity contribution in [1.29, 1.82) is 0 Å². The molecule has 0 unspecified atom stereocenters. The summed E-state index contributed by atoms with van der Waals surface area (Å²) in [5.41, 5.74) is 0.850. The monoisotopic (exact) mass is 274 g/mol. The number of carbonyl (C=O) groups excluding carboxylic acids is 2. The van der Waals surface area contributed by atoms with Gasteiger partial charge >= 0.3 is 5.97 Å². The van der Waals surface area contributed by atoms with Gasteiger partial charge in [-0.25, -0.2) is 4.68 Å². The molecule has 2 rings (SSSR count). The fourth-order valence-electron chi connectivity index (χ4n) is 1.60. The Balaban J connectivity index is 2.07. The van der Waals surface area contributed by atoms with Gasteiger partial charge in [-0.05, 0) is 19.1 Å². The fourth-order valence-corrected chi connectivity index (χ4v) is 1.60. The first-order valence-corrected chi connectivity index (χ1v) is 6.11. The van der Waals surface area contributed by atoms with Crippen LogP contribution in [0.3, 0.4) is 0 Å². The van der Waals surface area contributed by atoms with Crippen molar-refractivity contribution in [2.24, 2.45) is 0 Å². The summed E-state index contributed by atoms with van der Waals surface area (Å²) in [5.74, 6) is -0.850. The summed E-state index contributed by atoms with van der Waals surface area (Å²) >= 11 is 0. The number of esters is 1. The van der Waals surface area contributed by atoms with Gasteiger partial charge in [0, 0.05) is 5.69 Å². The topological polar surface area (TPSA) is 86.1 Å². The summed E-state index contributed by atoms with van der Waals surface area (Å²) in [5, 5.41) is 10.0. The van der Waals surface area contributed by atoms with E-state index in [0.717, 1.165) is 0 Å². The number of hydrogen-bond donors (Lipinski definition) is 1. The van der Waals surface area contributed by atoms with Gasteiger partial charge in [-0.1, -0.05) is 23.4 Å². The minimum absolute atomic E-state index is 0.147. The number of ether oxygens (including phenoxy) is 1. The average Bonchev–Trinajstić information content (AvgIpc) is 2.88. The molecule has 7 nitrogen and oxygen atoms in total. The Morgan fingerprint density at radius 3 is 2.75 bits per heavy atom. The van der Waals surface area contributed by atoms with Crippen molar-refractivity contribution in [2.75, 3.05) is 11.9 Å². The third-order valence-corrected chi connectivity index (χ3v) is 2.47. The highest BCUT2D eigenvalue weighted by Crippen LogP contribution is 2.08. The SMILES string of the molecule is CCOC(=O)Cn1nncc1C(=O)Nc1ccccc1. The van der Waals surface area contributed by atoms with E-state index in [1.807, 2.05) is 18.2 Å². The maximum absolute atomic E-state index is 12.1. The van der Waals surface area contributed by atoms with Crippen LogP contribution in [-0.2, 0) is 16.1 Å². The largest absolute Gasteiger partial charge is 0.465 e. The van der Waals surface area contributed by atoms with Crippen LogP contribution in [0.4, 0.5) is 5.69 Å². The van der Waals surface area contributed by atoms with Crippen LogP contribution in [0.25, 0.3) is 0 Å². The summed E-state index contributed by atoms with van der Waals surface area (Å²) in [6, 6.07) is 8.99. The Bertz CT molecular complexity index is 595. The highest BCUT2D eigenvalue weighted by Gasteiger charge is 2.16. The summed E-state index contributed by atoms with van der Waals surface area (Å²) in [6.45, 7) is 1.84. The van der Waals surface area contributed by atoms with Crippen LogP contribution in [-0.4, -0.2) is 33.5 Å². The fraction of sp³-hybridized carbons (Fsp3) is 0.231. The summed E-state index contributed by atoms with van der Waals surface area (Å²) < 4.78 is 6.01. The van der Waals surface area contributed by atoms with Gasteiger partial charge in [0.05, 0.1) is 12.8 Å². The summed E-state index contributed by atoms with van der Waals surface area (Å²) in [6.07, 6.45) is 1.30. The van der Waals surface area contributed by atoms with Gasteiger partial charge in [-0.15, -0.1) is 5.10 Å². The Labute approximate surface area is 115 Å². The van der Waals surface area contributed by atoms with Gasteiger partial charge in [0.15, 0.2) is 0 Å². The van der Waals surface area contributed by atoms with Crippen molar-refractivity contribution in [3.8, 4) is 0 Å². The molecule has 0 aliphatic rings. The smallest absolute Gasteiger partial charge is 0.327 e. The molecule has 20 heavy (non-hydrogen) atoms. The van der Waals surface area contributed by atoms with E-state index in [-0.39, 0.29) is 24.8 Å². The second-order valence-electron chi connectivity index (χ2n) is 3.90. The Morgan fingerprint density at radius 1 is 1.30 bits per heavy atom. The lowest BCUT2D eigenvalue weighted by atomic mass is 10.3. The molecule has 0 bridgehead atoms. The minimum atomic E-state index is -0.466. The molecule has 1 amide bonds. The molecule has 0 saturated carbocycles.